The number of benzene rings is 1. The highest BCUT2D eigenvalue weighted by atomic mass is 15.2. The van der Waals surface area contributed by atoms with E-state index in [1.54, 1.807) is 0 Å². The monoisotopic (exact) mass is 255 g/mol. The van der Waals surface area contributed by atoms with Crippen molar-refractivity contribution in [2.45, 2.75) is 32.2 Å². The van der Waals surface area contributed by atoms with Crippen molar-refractivity contribution in [3.8, 4) is 0 Å². The van der Waals surface area contributed by atoms with Gasteiger partial charge in [0, 0.05) is 12.4 Å². The molecular formula is C16H21N3. The fourth-order valence-corrected chi connectivity index (χ4v) is 2.89. The molecule has 1 saturated heterocycles. The van der Waals surface area contributed by atoms with Crippen LogP contribution in [0.15, 0.2) is 36.7 Å². The van der Waals surface area contributed by atoms with Crippen LogP contribution < -0.4 is 0 Å². The summed E-state index contributed by atoms with van der Waals surface area (Å²) in [6.45, 7) is 4.46. The van der Waals surface area contributed by atoms with Gasteiger partial charge in [-0.15, -0.1) is 0 Å². The van der Waals surface area contributed by atoms with Crippen molar-refractivity contribution in [3.63, 3.8) is 0 Å². The van der Waals surface area contributed by atoms with Crippen molar-refractivity contribution in [1.29, 1.82) is 0 Å². The molecule has 2 heterocycles. The zero-order valence-corrected chi connectivity index (χ0v) is 11.5. The second kappa shape index (κ2) is 5.57. The second-order valence-corrected chi connectivity index (χ2v) is 5.38. The van der Waals surface area contributed by atoms with E-state index >= 15 is 0 Å². The van der Waals surface area contributed by atoms with Gasteiger partial charge in [0.1, 0.15) is 5.82 Å². The third-order valence-electron chi connectivity index (χ3n) is 3.93. The van der Waals surface area contributed by atoms with Crippen LogP contribution in [0.2, 0.25) is 0 Å². The summed E-state index contributed by atoms with van der Waals surface area (Å²) in [5.74, 6) is 1.06. The molecule has 19 heavy (non-hydrogen) atoms. The van der Waals surface area contributed by atoms with Crippen LogP contribution in [0.4, 0.5) is 0 Å². The molecule has 0 saturated carbocycles. The molecule has 1 aliphatic rings. The molecule has 100 valence electrons. The number of nitrogens with zero attached hydrogens (tertiary/aromatic N) is 2. The molecule has 1 aromatic carbocycles. The summed E-state index contributed by atoms with van der Waals surface area (Å²) in [7, 11) is 0. The maximum atomic E-state index is 4.49. The lowest BCUT2D eigenvalue weighted by atomic mass is 10.00. The number of piperidine rings is 1. The average molecular weight is 255 g/mol. The molecule has 0 bridgehead atoms. The topological polar surface area (TPSA) is 31.9 Å². The molecular weight excluding hydrogens is 234 g/mol. The van der Waals surface area contributed by atoms with Gasteiger partial charge in [0.25, 0.3) is 0 Å². The Bertz CT molecular complexity index is 495. The maximum absolute atomic E-state index is 4.49. The number of imidazole rings is 1. The van der Waals surface area contributed by atoms with Gasteiger partial charge in [0.15, 0.2) is 0 Å². The quantitative estimate of drug-likeness (QED) is 0.912. The van der Waals surface area contributed by atoms with Gasteiger partial charge in [-0.25, -0.2) is 4.98 Å². The van der Waals surface area contributed by atoms with E-state index in [-0.39, 0.29) is 6.04 Å². The first-order valence-corrected chi connectivity index (χ1v) is 7.14. The van der Waals surface area contributed by atoms with E-state index in [0.717, 1.165) is 5.82 Å². The van der Waals surface area contributed by atoms with Crippen molar-refractivity contribution >= 4 is 0 Å². The number of rotatable bonds is 3. The van der Waals surface area contributed by atoms with Gasteiger partial charge in [-0.1, -0.05) is 36.2 Å². The van der Waals surface area contributed by atoms with E-state index in [4.69, 9.17) is 0 Å². The number of hydrogen-bond donors (Lipinski definition) is 1. The van der Waals surface area contributed by atoms with Crippen molar-refractivity contribution in [1.82, 2.24) is 14.9 Å². The number of hydrogen-bond acceptors (Lipinski definition) is 2. The number of likely N-dealkylation sites (tertiary alicyclic amines) is 1. The summed E-state index contributed by atoms with van der Waals surface area (Å²) in [5, 5.41) is 0. The minimum atomic E-state index is 0.274. The number of aryl methyl sites for hydroxylation is 1. The smallest absolute Gasteiger partial charge is 0.128 e. The summed E-state index contributed by atoms with van der Waals surface area (Å²) in [6, 6.07) is 9.12. The molecule has 1 atom stereocenters. The first-order valence-electron chi connectivity index (χ1n) is 7.14. The maximum Gasteiger partial charge on any atom is 0.128 e. The fraction of sp³-hybridized carbons (Fsp3) is 0.438. The van der Waals surface area contributed by atoms with Crippen molar-refractivity contribution in [3.05, 3.63) is 53.6 Å². The molecule has 1 aromatic heterocycles. The van der Waals surface area contributed by atoms with Gasteiger partial charge in [-0.2, -0.15) is 0 Å². The van der Waals surface area contributed by atoms with E-state index < -0.39 is 0 Å². The molecule has 3 heteroatoms. The van der Waals surface area contributed by atoms with Crippen molar-refractivity contribution in [2.75, 3.05) is 13.1 Å². The molecule has 1 unspecified atom stereocenters. The molecule has 0 spiro atoms. The lowest BCUT2D eigenvalue weighted by Gasteiger charge is -2.33. The standard InChI is InChI=1S/C16H21N3/c1-13-5-7-14(8-6-13)15(16-17-9-10-18-16)19-11-3-2-4-12-19/h5-10,15H,2-4,11-12H2,1H3,(H,17,18). The number of nitrogens with one attached hydrogen (secondary N) is 1. The van der Waals surface area contributed by atoms with Crippen LogP contribution in [-0.2, 0) is 0 Å². The third-order valence-corrected chi connectivity index (χ3v) is 3.93. The van der Waals surface area contributed by atoms with E-state index in [2.05, 4.69) is 46.1 Å². The minimum Gasteiger partial charge on any atom is -0.347 e. The zero-order chi connectivity index (χ0) is 13.1. The summed E-state index contributed by atoms with van der Waals surface area (Å²) in [4.78, 5) is 10.3. The van der Waals surface area contributed by atoms with E-state index in [0.29, 0.717) is 0 Å². The molecule has 1 aliphatic heterocycles. The Hall–Kier alpha value is -1.61. The molecule has 1 fully saturated rings. The summed E-state index contributed by atoms with van der Waals surface area (Å²) in [6.07, 6.45) is 7.71. The van der Waals surface area contributed by atoms with Gasteiger partial charge >= 0.3 is 0 Å². The fourth-order valence-electron chi connectivity index (χ4n) is 2.89. The highest BCUT2D eigenvalue weighted by molar-refractivity contribution is 5.28. The SMILES string of the molecule is Cc1ccc(C(c2ncc[nH]2)N2CCCCC2)cc1. The van der Waals surface area contributed by atoms with E-state index in [9.17, 15) is 0 Å². The molecule has 3 rings (SSSR count). The van der Waals surface area contributed by atoms with Crippen LogP contribution in [0, 0.1) is 6.92 Å². The lowest BCUT2D eigenvalue weighted by molar-refractivity contribution is 0.182. The Labute approximate surface area is 114 Å². The van der Waals surface area contributed by atoms with Crippen LogP contribution in [0.25, 0.3) is 0 Å². The number of aromatic nitrogens is 2. The Balaban J connectivity index is 1.93. The highest BCUT2D eigenvalue weighted by Crippen LogP contribution is 2.29. The normalized spacial score (nSPS) is 18.4. The molecule has 0 radical (unpaired) electrons. The second-order valence-electron chi connectivity index (χ2n) is 5.38. The zero-order valence-electron chi connectivity index (χ0n) is 11.5. The highest BCUT2D eigenvalue weighted by Gasteiger charge is 2.25. The molecule has 3 nitrogen and oxygen atoms in total. The summed E-state index contributed by atoms with van der Waals surface area (Å²) in [5.41, 5.74) is 2.64. The first kappa shape index (κ1) is 12.4. The van der Waals surface area contributed by atoms with Gasteiger partial charge in [-0.3, -0.25) is 4.90 Å². The minimum absolute atomic E-state index is 0.274. The number of aromatic amines is 1. The average Bonchev–Trinajstić information content (AvgIpc) is 2.96. The Morgan fingerprint density at radius 1 is 1.11 bits per heavy atom. The predicted molar refractivity (Wildman–Crippen MR) is 77.0 cm³/mol. The summed E-state index contributed by atoms with van der Waals surface area (Å²) < 4.78 is 0. The lowest BCUT2D eigenvalue weighted by Crippen LogP contribution is -2.34. The Morgan fingerprint density at radius 2 is 1.84 bits per heavy atom. The first-order chi connectivity index (χ1) is 9.34. The van der Waals surface area contributed by atoms with Crippen LogP contribution in [0.3, 0.4) is 0 Å². The van der Waals surface area contributed by atoms with E-state index in [1.807, 2.05) is 12.4 Å². The van der Waals surface area contributed by atoms with Gasteiger partial charge < -0.3 is 4.98 Å². The van der Waals surface area contributed by atoms with Crippen LogP contribution in [0.5, 0.6) is 0 Å². The van der Waals surface area contributed by atoms with Gasteiger partial charge in [0.2, 0.25) is 0 Å². The Kier molecular flexibility index (Phi) is 3.65. The van der Waals surface area contributed by atoms with E-state index in [1.165, 1.54) is 43.5 Å². The van der Waals surface area contributed by atoms with Gasteiger partial charge in [-0.05, 0) is 38.4 Å². The van der Waals surface area contributed by atoms with Crippen LogP contribution in [-0.4, -0.2) is 28.0 Å². The Morgan fingerprint density at radius 3 is 2.47 bits per heavy atom. The molecule has 0 aliphatic carbocycles. The predicted octanol–water partition coefficient (Wildman–Crippen LogP) is 3.29. The summed E-state index contributed by atoms with van der Waals surface area (Å²) >= 11 is 0. The largest absolute Gasteiger partial charge is 0.347 e. The van der Waals surface area contributed by atoms with Gasteiger partial charge in [0.05, 0.1) is 6.04 Å². The number of H-pyrrole nitrogens is 1. The van der Waals surface area contributed by atoms with Crippen LogP contribution >= 0.6 is 0 Å². The van der Waals surface area contributed by atoms with Crippen LogP contribution in [0.1, 0.15) is 42.3 Å². The molecule has 1 N–H and O–H groups in total. The third kappa shape index (κ3) is 2.71. The molecule has 2 aromatic rings. The van der Waals surface area contributed by atoms with Crippen molar-refractivity contribution in [2.24, 2.45) is 0 Å². The molecule has 0 amide bonds. The van der Waals surface area contributed by atoms with Crippen molar-refractivity contribution < 1.29 is 0 Å².